The summed E-state index contributed by atoms with van der Waals surface area (Å²) in [5.74, 6) is 2.29. The van der Waals surface area contributed by atoms with Gasteiger partial charge in [0.15, 0.2) is 5.16 Å². The number of carbonyl (C=O) groups excluding carboxylic acids is 1. The van der Waals surface area contributed by atoms with Crippen molar-refractivity contribution in [3.05, 3.63) is 53.6 Å². The van der Waals surface area contributed by atoms with Gasteiger partial charge in [-0.25, -0.2) is 4.98 Å². The van der Waals surface area contributed by atoms with Crippen LogP contribution in [0.2, 0.25) is 0 Å². The van der Waals surface area contributed by atoms with E-state index in [0.29, 0.717) is 56.4 Å². The fraction of sp³-hybridized carbons (Fsp3) is 0.559. The van der Waals surface area contributed by atoms with Crippen molar-refractivity contribution in [1.82, 2.24) is 49.3 Å². The summed E-state index contributed by atoms with van der Waals surface area (Å²) in [6.07, 6.45) is 9.16. The van der Waals surface area contributed by atoms with E-state index in [2.05, 4.69) is 80.5 Å². The minimum atomic E-state index is 0.124. The molecule has 49 heavy (non-hydrogen) atoms. The molecule has 0 radical (unpaired) electrons. The molecule has 0 bridgehead atoms. The van der Waals surface area contributed by atoms with Crippen molar-refractivity contribution < 1.29 is 9.53 Å². The molecule has 0 aliphatic carbocycles. The Morgan fingerprint density at radius 2 is 1.59 bits per heavy atom. The fourth-order valence-electron chi connectivity index (χ4n) is 6.80. The first-order valence-corrected chi connectivity index (χ1v) is 18.3. The van der Waals surface area contributed by atoms with Crippen LogP contribution in [0.5, 0.6) is 0 Å². The van der Waals surface area contributed by atoms with Gasteiger partial charge in [0.25, 0.3) is 5.95 Å². The van der Waals surface area contributed by atoms with E-state index in [1.165, 1.54) is 29.3 Å². The molecule has 1 aromatic carbocycles. The number of piperidine rings is 1. The number of morpholine rings is 1. The lowest BCUT2D eigenvalue weighted by atomic mass is 10.1. The molecule has 3 saturated heterocycles. The van der Waals surface area contributed by atoms with Crippen LogP contribution < -0.4 is 9.80 Å². The van der Waals surface area contributed by atoms with Gasteiger partial charge in [-0.05, 0) is 70.2 Å². The number of nitrogens with zero attached hydrogens (tertiary/aromatic N) is 12. The van der Waals surface area contributed by atoms with Crippen LogP contribution in [-0.4, -0.2) is 126 Å². The summed E-state index contributed by atoms with van der Waals surface area (Å²) in [6.45, 7) is 15.2. The Kier molecular flexibility index (Phi) is 10.1. The van der Waals surface area contributed by atoms with Gasteiger partial charge in [0.2, 0.25) is 17.8 Å². The second-order valence-corrected chi connectivity index (χ2v) is 14.3. The molecule has 3 aromatic heterocycles. The molecule has 6 heterocycles. The normalized spacial score (nSPS) is 20.6. The zero-order valence-corrected chi connectivity index (χ0v) is 29.7. The van der Waals surface area contributed by atoms with Gasteiger partial charge in [-0.1, -0.05) is 23.0 Å². The van der Waals surface area contributed by atoms with Crippen molar-refractivity contribution in [2.75, 3.05) is 68.0 Å². The highest BCUT2D eigenvalue weighted by atomic mass is 32.2. The molecule has 3 fully saturated rings. The maximum Gasteiger partial charge on any atom is 0.258 e. The first-order chi connectivity index (χ1) is 23.8. The summed E-state index contributed by atoms with van der Waals surface area (Å²) < 4.78 is 9.29. The molecule has 260 valence electrons. The van der Waals surface area contributed by atoms with Crippen LogP contribution in [0.3, 0.4) is 0 Å². The quantitative estimate of drug-likeness (QED) is 0.240. The van der Waals surface area contributed by atoms with E-state index in [9.17, 15) is 4.79 Å². The Hall–Kier alpha value is -4.08. The fourth-order valence-corrected chi connectivity index (χ4v) is 7.68. The number of aryl methyl sites for hydroxylation is 2. The largest absolute Gasteiger partial charge is 0.378 e. The van der Waals surface area contributed by atoms with Crippen LogP contribution in [0.25, 0.3) is 11.6 Å². The van der Waals surface area contributed by atoms with Crippen LogP contribution in [0.1, 0.15) is 49.9 Å². The molecule has 0 spiro atoms. The second kappa shape index (κ2) is 14.8. The Bertz CT molecular complexity index is 1700. The van der Waals surface area contributed by atoms with E-state index in [-0.39, 0.29) is 18.0 Å². The Balaban J connectivity index is 0.992. The third kappa shape index (κ3) is 7.58. The summed E-state index contributed by atoms with van der Waals surface area (Å²) >= 11 is 1.48. The highest BCUT2D eigenvalue weighted by molar-refractivity contribution is 7.99. The van der Waals surface area contributed by atoms with Gasteiger partial charge >= 0.3 is 0 Å². The van der Waals surface area contributed by atoms with Crippen LogP contribution in [0.15, 0.2) is 41.9 Å². The monoisotopic (exact) mass is 686 g/mol. The number of anilines is 2. The number of piperazine rings is 1. The number of imidazole rings is 1. The average Bonchev–Trinajstić information content (AvgIpc) is 3.81. The van der Waals surface area contributed by atoms with Gasteiger partial charge in [0, 0.05) is 76.0 Å². The molecule has 0 saturated carbocycles. The number of hydrogen-bond donors (Lipinski definition) is 0. The molecular formula is C34H46N12O2S. The van der Waals surface area contributed by atoms with E-state index in [4.69, 9.17) is 19.7 Å². The van der Waals surface area contributed by atoms with Crippen LogP contribution in [-0.2, 0) is 16.1 Å². The zero-order chi connectivity index (χ0) is 33.9. The Morgan fingerprint density at radius 3 is 2.31 bits per heavy atom. The molecule has 7 rings (SSSR count). The van der Waals surface area contributed by atoms with Gasteiger partial charge in [0.1, 0.15) is 0 Å². The lowest BCUT2D eigenvalue weighted by Gasteiger charge is -2.44. The molecule has 0 N–H and O–H groups in total. The molecule has 14 nitrogen and oxygen atoms in total. The van der Waals surface area contributed by atoms with Crippen molar-refractivity contribution in [2.24, 2.45) is 0 Å². The molecule has 3 aliphatic heterocycles. The molecule has 0 unspecified atom stereocenters. The van der Waals surface area contributed by atoms with E-state index in [1.807, 2.05) is 17.3 Å². The smallest absolute Gasteiger partial charge is 0.258 e. The van der Waals surface area contributed by atoms with E-state index in [0.717, 1.165) is 55.6 Å². The topological polar surface area (TPSA) is 126 Å². The van der Waals surface area contributed by atoms with Crippen molar-refractivity contribution in [3.63, 3.8) is 0 Å². The number of benzene rings is 1. The van der Waals surface area contributed by atoms with Crippen LogP contribution in [0.4, 0.5) is 11.9 Å². The molecule has 15 heteroatoms. The SMILES string of the molecule is Cc1ccc(-n2ccnc2SCC(=O)N2C[C@@H](C)N(Cc3cn(-c4nc(N5CCCCC5)nc(N5CCOCC5)n4)nn3)[C@@H](C)C2)cc1C. The van der Waals surface area contributed by atoms with Gasteiger partial charge in [0.05, 0.1) is 30.9 Å². The van der Waals surface area contributed by atoms with E-state index in [1.54, 1.807) is 10.9 Å². The maximum atomic E-state index is 13.4. The highest BCUT2D eigenvalue weighted by Crippen LogP contribution is 2.25. The van der Waals surface area contributed by atoms with Gasteiger partial charge in [-0.15, -0.1) is 5.10 Å². The number of hydrogen-bond acceptors (Lipinski definition) is 12. The maximum absolute atomic E-state index is 13.4. The van der Waals surface area contributed by atoms with Gasteiger partial charge in [-0.3, -0.25) is 14.3 Å². The first-order valence-electron chi connectivity index (χ1n) is 17.3. The second-order valence-electron chi connectivity index (χ2n) is 13.3. The predicted octanol–water partition coefficient (Wildman–Crippen LogP) is 3.30. The van der Waals surface area contributed by atoms with Gasteiger partial charge in [-0.2, -0.15) is 19.6 Å². The summed E-state index contributed by atoms with van der Waals surface area (Å²) in [4.78, 5) is 41.3. The molecular weight excluding hydrogens is 641 g/mol. The van der Waals surface area contributed by atoms with Gasteiger partial charge < -0.3 is 19.4 Å². The number of amides is 1. The summed E-state index contributed by atoms with van der Waals surface area (Å²) in [5.41, 5.74) is 4.37. The third-order valence-electron chi connectivity index (χ3n) is 9.78. The van der Waals surface area contributed by atoms with Crippen molar-refractivity contribution >= 4 is 29.6 Å². The Morgan fingerprint density at radius 1 is 0.898 bits per heavy atom. The zero-order valence-electron chi connectivity index (χ0n) is 28.9. The molecule has 3 aliphatic rings. The van der Waals surface area contributed by atoms with E-state index >= 15 is 0 Å². The minimum Gasteiger partial charge on any atom is -0.378 e. The lowest BCUT2D eigenvalue weighted by molar-refractivity contribution is -0.132. The molecule has 4 aromatic rings. The van der Waals surface area contributed by atoms with Crippen LogP contribution >= 0.6 is 11.8 Å². The molecule has 2 atom stereocenters. The average molecular weight is 687 g/mol. The van der Waals surface area contributed by atoms with Crippen molar-refractivity contribution in [1.29, 1.82) is 0 Å². The summed E-state index contributed by atoms with van der Waals surface area (Å²) in [5, 5.41) is 9.80. The van der Waals surface area contributed by atoms with Crippen molar-refractivity contribution in [3.8, 4) is 11.6 Å². The lowest BCUT2D eigenvalue weighted by Crippen LogP contribution is -2.57. The summed E-state index contributed by atoms with van der Waals surface area (Å²) in [6, 6.07) is 6.67. The molecule has 1 amide bonds. The third-order valence-corrected chi connectivity index (χ3v) is 10.7. The highest BCUT2D eigenvalue weighted by Gasteiger charge is 2.32. The number of thioether (sulfide) groups is 1. The standard InChI is InChI=1S/C34H46N12O2S/c1-24-8-9-29(18-25(24)2)44-13-10-35-34(44)49-23-30(47)43-19-26(3)45(27(4)20-43)21-28-22-46(40-39-28)33-37-31(41-11-6-5-7-12-41)36-32(38-33)42-14-16-48-17-15-42/h8-10,13,18,22,26-27H,5-7,11-12,14-17,19-21,23H2,1-4H3/t26-,27+. The van der Waals surface area contributed by atoms with E-state index < -0.39 is 0 Å². The number of carbonyl (C=O) groups is 1. The minimum absolute atomic E-state index is 0.124. The number of rotatable bonds is 9. The van der Waals surface area contributed by atoms with Crippen LogP contribution in [0, 0.1) is 13.8 Å². The Labute approximate surface area is 291 Å². The summed E-state index contributed by atoms with van der Waals surface area (Å²) in [7, 11) is 0. The number of aromatic nitrogens is 8. The number of ether oxygens (including phenoxy) is 1. The first kappa shape index (κ1) is 33.4. The predicted molar refractivity (Wildman–Crippen MR) is 189 cm³/mol. The van der Waals surface area contributed by atoms with Crippen molar-refractivity contribution in [2.45, 2.75) is 70.7 Å².